The normalized spacial score (nSPS) is 15.6. The van der Waals surface area contributed by atoms with Gasteiger partial charge in [0.1, 0.15) is 6.10 Å². The number of rotatable bonds is 4. The van der Waals surface area contributed by atoms with Gasteiger partial charge in [-0.25, -0.2) is 4.79 Å². The first kappa shape index (κ1) is 16.8. The molecule has 2 atom stereocenters. The van der Waals surface area contributed by atoms with Gasteiger partial charge in [-0.15, -0.1) is 0 Å². The van der Waals surface area contributed by atoms with Gasteiger partial charge in [0.15, 0.2) is 0 Å². The van der Waals surface area contributed by atoms with Crippen molar-refractivity contribution in [2.24, 2.45) is 0 Å². The van der Waals surface area contributed by atoms with Crippen molar-refractivity contribution in [3.8, 4) is 0 Å². The monoisotopic (exact) mass is 237 g/mol. The quantitative estimate of drug-likeness (QED) is 0.255. The van der Waals surface area contributed by atoms with E-state index >= 15 is 0 Å². The van der Waals surface area contributed by atoms with Crippen molar-refractivity contribution in [1.82, 2.24) is 0 Å². The van der Waals surface area contributed by atoms with Crippen molar-refractivity contribution in [3.63, 3.8) is 0 Å². The number of hydrogen-bond acceptors (Lipinski definition) is 3. The van der Waals surface area contributed by atoms with Crippen LogP contribution in [-0.2, 0) is 9.53 Å². The van der Waals surface area contributed by atoms with Crippen LogP contribution in [0.15, 0.2) is 12.2 Å². The molecule has 1 N–H and O–H groups in total. The number of quaternary nitrogens is 1. The molecule has 15 heavy (non-hydrogen) atoms. The number of likely N-dealkylation sites (N-methyl/N-ethyl adjacent to an activating group) is 1. The van der Waals surface area contributed by atoms with Gasteiger partial charge in [-0.3, -0.25) is 4.48 Å². The maximum absolute atomic E-state index is 11.2. The van der Waals surface area contributed by atoms with Crippen LogP contribution in [0.25, 0.3) is 0 Å². The van der Waals surface area contributed by atoms with Crippen molar-refractivity contribution in [1.29, 1.82) is 0 Å². The number of nitrogens with zero attached hydrogens (tertiary/aromatic N) is 1. The second-order valence-corrected chi connectivity index (χ2v) is 4.18. The van der Waals surface area contributed by atoms with Gasteiger partial charge >= 0.3 is 5.97 Å². The van der Waals surface area contributed by atoms with Crippen LogP contribution in [0, 0.1) is 0 Å². The van der Waals surface area contributed by atoms with Gasteiger partial charge in [0.2, 0.25) is 0 Å². The zero-order chi connectivity index (χ0) is 11.4. The van der Waals surface area contributed by atoms with Crippen molar-refractivity contribution in [2.45, 2.75) is 26.2 Å². The Morgan fingerprint density at radius 3 is 2.13 bits per heavy atom. The standard InChI is InChI=1S/C10H20NO3.ClH/c1-6-7-9(13)14-10(8(2)12)11(3,4)5;/h6-8,10,12H,1-5H3;1H/q+1;/p-1. The predicted octanol–water partition coefficient (Wildman–Crippen LogP) is -2.48. The molecular formula is C10H20ClNO3. The van der Waals surface area contributed by atoms with E-state index in [1.54, 1.807) is 19.9 Å². The van der Waals surface area contributed by atoms with Crippen LogP contribution < -0.4 is 12.4 Å². The summed E-state index contributed by atoms with van der Waals surface area (Å²) >= 11 is 0. The molecule has 0 saturated carbocycles. The first-order valence-corrected chi connectivity index (χ1v) is 4.61. The van der Waals surface area contributed by atoms with E-state index in [0.29, 0.717) is 4.48 Å². The summed E-state index contributed by atoms with van der Waals surface area (Å²) in [5.41, 5.74) is 0. The highest BCUT2D eigenvalue weighted by Gasteiger charge is 2.31. The van der Waals surface area contributed by atoms with Gasteiger partial charge < -0.3 is 22.3 Å². The smallest absolute Gasteiger partial charge is 0.335 e. The van der Waals surface area contributed by atoms with Gasteiger partial charge in [-0.2, -0.15) is 0 Å². The largest absolute Gasteiger partial charge is 1.00 e. The fourth-order valence-corrected chi connectivity index (χ4v) is 1.20. The Hall–Kier alpha value is -0.580. The highest BCUT2D eigenvalue weighted by atomic mass is 35.5. The van der Waals surface area contributed by atoms with E-state index in [2.05, 4.69) is 0 Å². The van der Waals surface area contributed by atoms with Crippen LogP contribution in [0.1, 0.15) is 13.8 Å². The highest BCUT2D eigenvalue weighted by molar-refractivity contribution is 5.81. The Labute approximate surface area is 97.5 Å². The summed E-state index contributed by atoms with van der Waals surface area (Å²) in [6.45, 7) is 3.35. The van der Waals surface area contributed by atoms with Crippen LogP contribution in [0.3, 0.4) is 0 Å². The Kier molecular flexibility index (Phi) is 7.66. The molecule has 2 unspecified atom stereocenters. The number of allylic oxidation sites excluding steroid dienone is 1. The Morgan fingerprint density at radius 1 is 1.40 bits per heavy atom. The first-order chi connectivity index (χ1) is 6.29. The maximum atomic E-state index is 11.2. The molecule has 0 aromatic rings. The lowest BCUT2D eigenvalue weighted by molar-refractivity contribution is -0.920. The summed E-state index contributed by atoms with van der Waals surface area (Å²) in [4.78, 5) is 11.2. The van der Waals surface area contributed by atoms with Gasteiger partial charge in [0, 0.05) is 6.08 Å². The van der Waals surface area contributed by atoms with E-state index in [1.165, 1.54) is 6.08 Å². The predicted molar refractivity (Wildman–Crippen MR) is 54.4 cm³/mol. The third-order valence-electron chi connectivity index (χ3n) is 1.72. The highest BCUT2D eigenvalue weighted by Crippen LogP contribution is 2.10. The molecule has 0 saturated heterocycles. The molecule has 0 fully saturated rings. The SMILES string of the molecule is CC=CC(=O)OC(C(C)O)[N+](C)(C)C.[Cl-]. The molecular weight excluding hydrogens is 218 g/mol. The fourth-order valence-electron chi connectivity index (χ4n) is 1.20. The summed E-state index contributed by atoms with van der Waals surface area (Å²) in [5, 5.41) is 9.45. The molecule has 5 heteroatoms. The lowest BCUT2D eigenvalue weighted by Gasteiger charge is -2.34. The summed E-state index contributed by atoms with van der Waals surface area (Å²) < 4.78 is 5.49. The van der Waals surface area contributed by atoms with Crippen LogP contribution in [0.5, 0.6) is 0 Å². The summed E-state index contributed by atoms with van der Waals surface area (Å²) in [6, 6.07) is 0. The number of esters is 1. The number of carbonyl (C=O) groups is 1. The minimum absolute atomic E-state index is 0. The zero-order valence-corrected chi connectivity index (χ0v) is 10.7. The van der Waals surface area contributed by atoms with Gasteiger partial charge in [0.05, 0.1) is 21.1 Å². The van der Waals surface area contributed by atoms with Crippen molar-refractivity contribution < 1.29 is 31.5 Å². The van der Waals surface area contributed by atoms with Crippen LogP contribution in [0.4, 0.5) is 0 Å². The topological polar surface area (TPSA) is 46.5 Å². The second kappa shape index (κ2) is 6.82. The molecule has 0 spiro atoms. The number of hydrogen-bond donors (Lipinski definition) is 1. The number of aliphatic hydroxyl groups excluding tert-OH is 1. The van der Waals surface area contributed by atoms with E-state index in [0.717, 1.165) is 0 Å². The number of carbonyl (C=O) groups excluding carboxylic acids is 1. The molecule has 0 aromatic heterocycles. The lowest BCUT2D eigenvalue weighted by atomic mass is 10.3. The van der Waals surface area contributed by atoms with E-state index in [9.17, 15) is 9.90 Å². The number of halogens is 1. The van der Waals surface area contributed by atoms with Crippen molar-refractivity contribution in [3.05, 3.63) is 12.2 Å². The zero-order valence-electron chi connectivity index (χ0n) is 9.90. The Balaban J connectivity index is 0. The molecule has 0 aliphatic rings. The minimum Gasteiger partial charge on any atom is -1.00 e. The molecule has 0 amide bonds. The van der Waals surface area contributed by atoms with E-state index in [-0.39, 0.29) is 12.4 Å². The van der Waals surface area contributed by atoms with Crippen LogP contribution in [0.2, 0.25) is 0 Å². The van der Waals surface area contributed by atoms with Crippen LogP contribution >= 0.6 is 0 Å². The fraction of sp³-hybridized carbons (Fsp3) is 0.700. The molecule has 0 bridgehead atoms. The Morgan fingerprint density at radius 2 is 1.87 bits per heavy atom. The molecule has 0 aliphatic carbocycles. The van der Waals surface area contributed by atoms with Gasteiger partial charge in [0.25, 0.3) is 6.23 Å². The molecule has 0 aliphatic heterocycles. The van der Waals surface area contributed by atoms with E-state index < -0.39 is 18.3 Å². The third kappa shape index (κ3) is 6.49. The summed E-state index contributed by atoms with van der Waals surface area (Å²) in [6.07, 6.45) is 1.71. The molecule has 4 nitrogen and oxygen atoms in total. The average molecular weight is 238 g/mol. The van der Waals surface area contributed by atoms with Gasteiger partial charge in [-0.05, 0) is 13.8 Å². The van der Waals surface area contributed by atoms with E-state index in [4.69, 9.17) is 4.74 Å². The Bertz CT molecular complexity index is 221. The molecule has 0 aromatic carbocycles. The first-order valence-electron chi connectivity index (χ1n) is 4.61. The second-order valence-electron chi connectivity index (χ2n) is 4.18. The summed E-state index contributed by atoms with van der Waals surface area (Å²) in [7, 11) is 5.58. The molecule has 0 radical (unpaired) electrons. The van der Waals surface area contributed by atoms with E-state index in [1.807, 2.05) is 21.1 Å². The summed E-state index contributed by atoms with van der Waals surface area (Å²) in [5.74, 6) is -0.425. The molecule has 0 heterocycles. The van der Waals surface area contributed by atoms with Crippen molar-refractivity contribution in [2.75, 3.05) is 21.1 Å². The van der Waals surface area contributed by atoms with Crippen LogP contribution in [-0.4, -0.2) is 49.0 Å². The van der Waals surface area contributed by atoms with Gasteiger partial charge in [-0.1, -0.05) is 6.08 Å². The third-order valence-corrected chi connectivity index (χ3v) is 1.72. The maximum Gasteiger partial charge on any atom is 0.335 e. The van der Waals surface area contributed by atoms with Crippen molar-refractivity contribution >= 4 is 5.97 Å². The number of aliphatic hydroxyl groups is 1. The average Bonchev–Trinajstić information content (AvgIpc) is 1.98. The molecule has 90 valence electrons. The minimum atomic E-state index is -0.691. The molecule has 0 rings (SSSR count). The number of ether oxygens (including phenoxy) is 1. The lowest BCUT2D eigenvalue weighted by Crippen LogP contribution is -3.00.